The number of aliphatic hydroxyl groups excluding tert-OH is 1. The van der Waals surface area contributed by atoms with Gasteiger partial charge in [-0.05, 0) is 6.42 Å². The van der Waals surface area contributed by atoms with Crippen molar-refractivity contribution in [2.75, 3.05) is 6.54 Å². The van der Waals surface area contributed by atoms with Gasteiger partial charge in [-0.25, -0.2) is 0 Å². The average molecular weight is 514 g/mol. The van der Waals surface area contributed by atoms with Gasteiger partial charge in [-0.2, -0.15) is 8.42 Å². The molecule has 0 bridgehead atoms. The number of carboxylic acids is 2. The molecular weight excluding hydrogens is 476 g/mol. The first kappa shape index (κ1) is 40.6. The second-order valence-electron chi connectivity index (χ2n) is 7.40. The number of carbonyl (C=O) groups excluding carboxylic acids is 3. The maximum Gasteiger partial charge on any atom is 1.00 e. The predicted molar refractivity (Wildman–Crippen MR) is 111 cm³/mol. The number of carboxylic acid groups (broad SMARTS) is 2. The van der Waals surface area contributed by atoms with E-state index in [0.29, 0.717) is 6.42 Å². The summed E-state index contributed by atoms with van der Waals surface area (Å²) >= 11 is 0. The van der Waals surface area contributed by atoms with Crippen molar-refractivity contribution < 1.29 is 102 Å². The van der Waals surface area contributed by atoms with Crippen molar-refractivity contribution >= 4 is 27.8 Å². The maximum absolute atomic E-state index is 11.3. The monoisotopic (exact) mass is 513 g/mol. The van der Waals surface area contributed by atoms with E-state index < -0.39 is 39.8 Å². The molecule has 0 aliphatic heterocycles. The molecule has 13 heteroatoms. The van der Waals surface area contributed by atoms with Crippen LogP contribution in [0.5, 0.6) is 0 Å². The van der Waals surface area contributed by atoms with Crippen LogP contribution in [0.3, 0.4) is 0 Å². The van der Waals surface area contributed by atoms with Crippen molar-refractivity contribution in [3.05, 3.63) is 0 Å². The molecule has 33 heavy (non-hydrogen) atoms. The largest absolute Gasteiger partial charge is 1.00 e. The summed E-state index contributed by atoms with van der Waals surface area (Å²) in [6, 6.07) is 0. The fourth-order valence-electron chi connectivity index (χ4n) is 2.72. The van der Waals surface area contributed by atoms with Crippen LogP contribution in [0, 0.1) is 0 Å². The van der Waals surface area contributed by atoms with E-state index in [9.17, 15) is 38.1 Å². The zero-order valence-corrected chi connectivity index (χ0v) is 25.1. The Hall–Kier alpha value is 0.440. The Kier molecular flexibility index (Phi) is 31.4. The van der Waals surface area contributed by atoms with Gasteiger partial charge in [-0.1, -0.05) is 71.1 Å². The van der Waals surface area contributed by atoms with Gasteiger partial charge in [0, 0.05) is 25.4 Å². The number of Topliss-reactive ketones (excluding diaryl/α,β-unsaturated/α-hetero) is 1. The minimum Gasteiger partial charge on any atom is -0.550 e. The Bertz CT molecular complexity index is 619. The Morgan fingerprint density at radius 3 is 1.52 bits per heavy atom. The first-order valence-electron chi connectivity index (χ1n) is 10.7. The average Bonchev–Trinajstić information content (AvgIpc) is 2.68. The van der Waals surface area contributed by atoms with Gasteiger partial charge in [0.2, 0.25) is 0 Å². The summed E-state index contributed by atoms with van der Waals surface area (Å²) in [7, 11) is -4.94. The van der Waals surface area contributed by atoms with E-state index in [2.05, 4.69) is 6.92 Å². The molecule has 4 N–H and O–H groups in total. The van der Waals surface area contributed by atoms with Crippen molar-refractivity contribution in [3.8, 4) is 0 Å². The molecule has 0 saturated carbocycles. The van der Waals surface area contributed by atoms with Gasteiger partial charge in [0.15, 0.2) is 5.78 Å². The van der Waals surface area contributed by atoms with E-state index >= 15 is 0 Å². The number of hydrogen-bond donors (Lipinski definition) is 3. The van der Waals surface area contributed by atoms with Crippen LogP contribution in [0.1, 0.15) is 90.4 Å². The van der Waals surface area contributed by atoms with E-state index in [1.54, 1.807) is 0 Å². The van der Waals surface area contributed by atoms with E-state index in [1.807, 2.05) is 0 Å². The maximum atomic E-state index is 11.3. The topological polar surface area (TPSA) is 198 Å². The van der Waals surface area contributed by atoms with Crippen molar-refractivity contribution in [1.82, 2.24) is 0 Å². The molecule has 0 radical (unpaired) electrons. The van der Waals surface area contributed by atoms with Crippen LogP contribution in [0.15, 0.2) is 0 Å². The summed E-state index contributed by atoms with van der Waals surface area (Å²) in [6.45, 7) is 2.30. The summed E-state index contributed by atoms with van der Waals surface area (Å²) in [5.74, 6) is -4.18. The summed E-state index contributed by atoms with van der Waals surface area (Å²) < 4.78 is 28.5. The summed E-state index contributed by atoms with van der Waals surface area (Å²) in [5.41, 5.74) is 5.23. The van der Waals surface area contributed by atoms with Gasteiger partial charge < -0.3 is 30.6 Å². The molecule has 0 amide bonds. The van der Waals surface area contributed by atoms with E-state index in [1.165, 1.54) is 57.8 Å². The normalized spacial score (nSPS) is 12.2. The number of aliphatic carboxylic acids is 2. The number of hydrogen-bond acceptors (Lipinski definition) is 9. The Morgan fingerprint density at radius 2 is 1.24 bits per heavy atom. The molecule has 0 rings (SSSR count). The van der Waals surface area contributed by atoms with Crippen LogP contribution in [0.4, 0.5) is 0 Å². The molecule has 0 spiro atoms. The minimum absolute atomic E-state index is 0. The fraction of sp³-hybridized carbons (Fsp3) is 0.850. The van der Waals surface area contributed by atoms with Crippen LogP contribution >= 0.6 is 0 Å². The Balaban J connectivity index is -0.000000262. The number of unbranched alkanes of at least 4 members (excludes halogenated alkanes) is 10. The van der Waals surface area contributed by atoms with Gasteiger partial charge in [0.25, 0.3) is 10.1 Å². The molecule has 0 aliphatic carbocycles. The van der Waals surface area contributed by atoms with Crippen molar-refractivity contribution in [1.29, 1.82) is 0 Å². The Labute approximate surface area is 241 Å². The minimum atomic E-state index is -4.94. The number of aliphatic hydroxyl groups is 1. The van der Waals surface area contributed by atoms with Crippen LogP contribution in [0.2, 0.25) is 0 Å². The molecule has 2 unspecified atom stereocenters. The SMILES string of the molecule is CCCCCCCCCCCCCC(=O)C(O)CN.O=C([O-])CC(C(=O)[O-])S(=O)(=O)O.[Na+].[Na+]. The molecule has 0 aromatic heterocycles. The molecule has 10 nitrogen and oxygen atoms in total. The Morgan fingerprint density at radius 1 is 0.848 bits per heavy atom. The van der Waals surface area contributed by atoms with E-state index in [4.69, 9.17) is 10.3 Å². The first-order chi connectivity index (χ1) is 14.5. The fourth-order valence-corrected chi connectivity index (χ4v) is 3.31. The quantitative estimate of drug-likeness (QED) is 0.0900. The molecule has 0 aromatic rings. The molecule has 0 heterocycles. The number of carbonyl (C=O) groups is 3. The molecule has 184 valence electrons. The zero-order valence-electron chi connectivity index (χ0n) is 20.3. The van der Waals surface area contributed by atoms with Crippen molar-refractivity contribution in [2.45, 2.75) is 102 Å². The van der Waals surface area contributed by atoms with Crippen LogP contribution in [-0.2, 0) is 24.5 Å². The molecule has 0 fully saturated rings. The van der Waals surface area contributed by atoms with Crippen LogP contribution < -0.4 is 75.1 Å². The van der Waals surface area contributed by atoms with Crippen molar-refractivity contribution in [2.24, 2.45) is 5.73 Å². The molecule has 0 aliphatic rings. The van der Waals surface area contributed by atoms with Gasteiger partial charge in [-0.3, -0.25) is 9.35 Å². The van der Waals surface area contributed by atoms with Crippen LogP contribution in [-0.4, -0.2) is 53.7 Å². The zero-order chi connectivity index (χ0) is 24.3. The van der Waals surface area contributed by atoms with Gasteiger partial charge >= 0.3 is 59.1 Å². The standard InChI is InChI=1S/C16H33NO2.C4H6O7S.2Na/c1-2-3-4-5-6-7-8-9-10-11-12-13-15(18)16(19)14-17;5-3(6)1-2(4(7)8)12(9,10)11;;/h16,19H,2-14,17H2,1H3;2H,1H2,(H,5,6)(H,7,8)(H,9,10,11);;/q;;2*+1/p-2. The summed E-state index contributed by atoms with van der Waals surface area (Å²) in [4.78, 5) is 31.0. The smallest absolute Gasteiger partial charge is 0.550 e. The predicted octanol–water partition coefficient (Wildman–Crippen LogP) is -6.28. The molecule has 2 atom stereocenters. The van der Waals surface area contributed by atoms with Gasteiger partial charge in [0.1, 0.15) is 11.4 Å². The number of nitrogens with two attached hydrogens (primary N) is 1. The van der Waals surface area contributed by atoms with Gasteiger partial charge in [0.05, 0.1) is 5.97 Å². The van der Waals surface area contributed by atoms with Crippen LogP contribution in [0.25, 0.3) is 0 Å². The third-order valence-corrected chi connectivity index (χ3v) is 5.67. The number of ketones is 1. The first-order valence-corrected chi connectivity index (χ1v) is 12.2. The molecule has 0 saturated heterocycles. The van der Waals surface area contributed by atoms with Gasteiger partial charge in [-0.15, -0.1) is 0 Å². The van der Waals surface area contributed by atoms with Crippen molar-refractivity contribution in [3.63, 3.8) is 0 Å². The third kappa shape index (κ3) is 26.9. The second kappa shape index (κ2) is 25.5. The number of rotatable bonds is 18. The summed E-state index contributed by atoms with van der Waals surface area (Å²) in [6.07, 6.45) is 12.2. The third-order valence-electron chi connectivity index (χ3n) is 4.60. The summed E-state index contributed by atoms with van der Waals surface area (Å²) in [5, 5.41) is 26.5. The van der Waals surface area contributed by atoms with E-state index in [0.717, 1.165) is 12.8 Å². The molecular formula is C20H37NNa2O9S. The molecule has 0 aromatic carbocycles. The second-order valence-corrected chi connectivity index (χ2v) is 9.00. The van der Waals surface area contributed by atoms with E-state index in [-0.39, 0.29) is 71.4 Å².